The van der Waals surface area contributed by atoms with Gasteiger partial charge in [0.15, 0.2) is 0 Å². The van der Waals surface area contributed by atoms with Gasteiger partial charge in [0.1, 0.15) is 5.01 Å². The van der Waals surface area contributed by atoms with Gasteiger partial charge in [-0.1, -0.05) is 32.0 Å². The average Bonchev–Trinajstić information content (AvgIpc) is 3.00. The van der Waals surface area contributed by atoms with Crippen molar-refractivity contribution < 1.29 is 4.79 Å². The summed E-state index contributed by atoms with van der Waals surface area (Å²) in [6, 6.07) is 6.25. The molecule has 1 aromatic heterocycles. The van der Waals surface area contributed by atoms with Crippen molar-refractivity contribution in [2.75, 3.05) is 11.9 Å². The minimum Gasteiger partial charge on any atom is -0.324 e. The number of aromatic nitrogens is 1. The third-order valence-corrected chi connectivity index (χ3v) is 6.25. The number of carbonyl (C=O) groups excluding carboxylic acids is 1. The van der Waals surface area contributed by atoms with Gasteiger partial charge in [-0.25, -0.2) is 4.98 Å². The molecule has 1 aromatic carbocycles. The molecule has 0 bridgehead atoms. The van der Waals surface area contributed by atoms with E-state index in [0.717, 1.165) is 42.1 Å². The van der Waals surface area contributed by atoms with Crippen molar-refractivity contribution in [1.29, 1.82) is 0 Å². The van der Waals surface area contributed by atoms with Crippen LogP contribution in [0.3, 0.4) is 0 Å². The van der Waals surface area contributed by atoms with Gasteiger partial charge >= 0.3 is 0 Å². The monoisotopic (exact) mass is 357 g/mol. The van der Waals surface area contributed by atoms with Crippen LogP contribution in [0.1, 0.15) is 54.9 Å². The SMILES string of the molecule is CCc1cccc(CC)c1NC(=O)CNC1(c2nc(C)cs2)CCC1. The Bertz CT molecular complexity index is 727. The number of rotatable bonds is 7. The van der Waals surface area contributed by atoms with Crippen LogP contribution in [0.15, 0.2) is 23.6 Å². The molecule has 0 radical (unpaired) electrons. The van der Waals surface area contributed by atoms with Crippen molar-refractivity contribution in [2.45, 2.75) is 58.4 Å². The van der Waals surface area contributed by atoms with Crippen LogP contribution >= 0.6 is 11.3 Å². The molecular formula is C20H27N3OS. The first-order chi connectivity index (χ1) is 12.1. The Morgan fingerprint density at radius 2 is 1.92 bits per heavy atom. The maximum absolute atomic E-state index is 12.6. The van der Waals surface area contributed by atoms with Gasteiger partial charge in [0.05, 0.1) is 12.1 Å². The number of nitrogens with zero attached hydrogens (tertiary/aromatic N) is 1. The first-order valence-corrected chi connectivity index (χ1v) is 10.0. The molecule has 1 fully saturated rings. The highest BCUT2D eigenvalue weighted by Crippen LogP contribution is 2.42. The number of para-hydroxylation sites is 1. The van der Waals surface area contributed by atoms with E-state index in [1.165, 1.54) is 17.5 Å². The van der Waals surface area contributed by atoms with E-state index >= 15 is 0 Å². The van der Waals surface area contributed by atoms with E-state index in [1.807, 2.05) is 6.92 Å². The van der Waals surface area contributed by atoms with Crippen LogP contribution in [-0.4, -0.2) is 17.4 Å². The van der Waals surface area contributed by atoms with Gasteiger partial charge in [0.2, 0.25) is 5.91 Å². The molecule has 1 aliphatic carbocycles. The highest BCUT2D eigenvalue weighted by Gasteiger charge is 2.41. The second-order valence-corrected chi connectivity index (χ2v) is 7.65. The zero-order valence-electron chi connectivity index (χ0n) is 15.3. The van der Waals surface area contributed by atoms with E-state index in [2.05, 4.69) is 53.0 Å². The molecule has 3 rings (SSSR count). The Morgan fingerprint density at radius 3 is 2.40 bits per heavy atom. The summed E-state index contributed by atoms with van der Waals surface area (Å²) in [5, 5.41) is 9.84. The molecule has 1 amide bonds. The highest BCUT2D eigenvalue weighted by atomic mass is 32.1. The van der Waals surface area contributed by atoms with Gasteiger partial charge < -0.3 is 5.32 Å². The molecule has 5 heteroatoms. The molecule has 25 heavy (non-hydrogen) atoms. The number of anilines is 1. The maximum atomic E-state index is 12.6. The van der Waals surface area contributed by atoms with Gasteiger partial charge in [-0.05, 0) is 50.2 Å². The molecule has 2 N–H and O–H groups in total. The number of carbonyl (C=O) groups is 1. The van der Waals surface area contributed by atoms with Crippen LogP contribution in [0.4, 0.5) is 5.69 Å². The van der Waals surface area contributed by atoms with Crippen molar-refractivity contribution in [3.63, 3.8) is 0 Å². The minimum atomic E-state index is -0.103. The summed E-state index contributed by atoms with van der Waals surface area (Å²) in [5.74, 6) is 0.0233. The van der Waals surface area contributed by atoms with Gasteiger partial charge in [-0.3, -0.25) is 10.1 Å². The number of thiazole rings is 1. The predicted octanol–water partition coefficient (Wildman–Crippen LogP) is 4.18. The molecule has 0 spiro atoms. The fraction of sp³-hybridized carbons (Fsp3) is 0.500. The number of hydrogen-bond acceptors (Lipinski definition) is 4. The second kappa shape index (κ2) is 7.67. The quantitative estimate of drug-likeness (QED) is 0.781. The van der Waals surface area contributed by atoms with E-state index < -0.39 is 0 Å². The predicted molar refractivity (Wildman–Crippen MR) is 104 cm³/mol. The third-order valence-electron chi connectivity index (χ3n) is 5.09. The summed E-state index contributed by atoms with van der Waals surface area (Å²) in [4.78, 5) is 17.2. The molecule has 0 saturated heterocycles. The Hall–Kier alpha value is -1.72. The smallest absolute Gasteiger partial charge is 0.238 e. The van der Waals surface area contributed by atoms with Gasteiger partial charge in [0.25, 0.3) is 0 Å². The number of benzene rings is 1. The van der Waals surface area contributed by atoms with Crippen molar-refractivity contribution in [3.05, 3.63) is 45.4 Å². The van der Waals surface area contributed by atoms with E-state index in [-0.39, 0.29) is 11.4 Å². The fourth-order valence-electron chi connectivity index (χ4n) is 3.41. The van der Waals surface area contributed by atoms with Crippen molar-refractivity contribution >= 4 is 22.9 Å². The summed E-state index contributed by atoms with van der Waals surface area (Å²) in [6.45, 7) is 6.58. The third kappa shape index (κ3) is 3.77. The van der Waals surface area contributed by atoms with E-state index in [1.54, 1.807) is 11.3 Å². The maximum Gasteiger partial charge on any atom is 0.238 e. The molecule has 0 atom stereocenters. The zero-order valence-corrected chi connectivity index (χ0v) is 16.1. The average molecular weight is 358 g/mol. The van der Waals surface area contributed by atoms with E-state index in [0.29, 0.717) is 6.54 Å². The van der Waals surface area contributed by atoms with E-state index in [9.17, 15) is 4.79 Å². The molecule has 0 aliphatic heterocycles. The standard InChI is InChI=1S/C20H27N3OS/c1-4-15-8-6-9-16(5-2)18(15)23-17(24)12-21-20(10-7-11-20)19-22-14(3)13-25-19/h6,8-9,13,21H,4-5,7,10-12H2,1-3H3,(H,23,24). The molecule has 2 aromatic rings. The molecular weight excluding hydrogens is 330 g/mol. The van der Waals surface area contributed by atoms with Crippen molar-refractivity contribution in [2.24, 2.45) is 0 Å². The molecule has 1 saturated carbocycles. The Kier molecular flexibility index (Phi) is 5.54. The second-order valence-electron chi connectivity index (χ2n) is 6.79. The molecule has 1 aliphatic rings. The van der Waals surface area contributed by atoms with Crippen LogP contribution in [0.2, 0.25) is 0 Å². The van der Waals surface area contributed by atoms with Crippen LogP contribution in [0.5, 0.6) is 0 Å². The lowest BCUT2D eigenvalue weighted by atomic mass is 9.77. The van der Waals surface area contributed by atoms with Gasteiger partial charge in [-0.15, -0.1) is 11.3 Å². The Balaban J connectivity index is 1.67. The van der Waals surface area contributed by atoms with Crippen LogP contribution in [0.25, 0.3) is 0 Å². The first-order valence-electron chi connectivity index (χ1n) is 9.16. The molecule has 4 nitrogen and oxygen atoms in total. The summed E-state index contributed by atoms with van der Waals surface area (Å²) < 4.78 is 0. The summed E-state index contributed by atoms with van der Waals surface area (Å²) >= 11 is 1.69. The van der Waals surface area contributed by atoms with Crippen LogP contribution in [-0.2, 0) is 23.2 Å². The zero-order chi connectivity index (χ0) is 17.9. The lowest BCUT2D eigenvalue weighted by Gasteiger charge is -2.41. The Labute approximate surface area is 154 Å². The summed E-state index contributed by atoms with van der Waals surface area (Å²) in [5.41, 5.74) is 4.34. The van der Waals surface area contributed by atoms with Crippen LogP contribution in [0, 0.1) is 6.92 Å². The van der Waals surface area contributed by atoms with Gasteiger partial charge in [0, 0.05) is 16.8 Å². The molecule has 134 valence electrons. The Morgan fingerprint density at radius 1 is 1.24 bits per heavy atom. The molecule has 0 unspecified atom stereocenters. The molecule has 1 heterocycles. The number of nitrogens with one attached hydrogen (secondary N) is 2. The topological polar surface area (TPSA) is 54.0 Å². The lowest BCUT2D eigenvalue weighted by molar-refractivity contribution is -0.116. The number of amides is 1. The highest BCUT2D eigenvalue weighted by molar-refractivity contribution is 7.09. The van der Waals surface area contributed by atoms with E-state index in [4.69, 9.17) is 0 Å². The number of aryl methyl sites for hydroxylation is 3. The summed E-state index contributed by atoms with van der Waals surface area (Å²) in [6.07, 6.45) is 5.13. The van der Waals surface area contributed by atoms with Crippen LogP contribution < -0.4 is 10.6 Å². The normalized spacial score (nSPS) is 15.6. The van der Waals surface area contributed by atoms with Crippen molar-refractivity contribution in [3.8, 4) is 0 Å². The minimum absolute atomic E-state index is 0.0233. The lowest BCUT2D eigenvalue weighted by Crippen LogP contribution is -2.50. The fourth-order valence-corrected chi connectivity index (χ4v) is 4.44. The summed E-state index contributed by atoms with van der Waals surface area (Å²) in [7, 11) is 0. The first kappa shape index (κ1) is 18.1. The number of hydrogen-bond donors (Lipinski definition) is 2. The van der Waals surface area contributed by atoms with Gasteiger partial charge in [-0.2, -0.15) is 0 Å². The van der Waals surface area contributed by atoms with Crippen molar-refractivity contribution in [1.82, 2.24) is 10.3 Å². The largest absolute Gasteiger partial charge is 0.324 e.